The second kappa shape index (κ2) is 18.1. The summed E-state index contributed by atoms with van der Waals surface area (Å²) < 4.78 is 29.5. The topological polar surface area (TPSA) is 177 Å². The van der Waals surface area contributed by atoms with Gasteiger partial charge in [0.2, 0.25) is 10.0 Å². The Kier molecular flexibility index (Phi) is 15.4. The summed E-state index contributed by atoms with van der Waals surface area (Å²) >= 11 is 0. The standard InChI is InChI=1S/C16H22N2O4.C13H16N2O4S/c1-16(2,3)22-15(21)18-10-4-9-17-14(20)13-7-5-12(11-19)6-8-13;1-2-20(18,19)15-9-3-8-14-13(17)12-6-4-11(10-16)5-7-12/h5-8,11H,4,9-10H2,1-3H3,(H,17,20)(H,18,21);2,4-7,10,15H,1,3,8-9H2,(H,14,17). The van der Waals surface area contributed by atoms with E-state index >= 15 is 0 Å². The Morgan fingerprint density at radius 3 is 1.52 bits per heavy atom. The zero-order chi connectivity index (χ0) is 31.6. The Morgan fingerprint density at radius 1 is 0.738 bits per heavy atom. The quantitative estimate of drug-likeness (QED) is 0.188. The van der Waals surface area contributed by atoms with Crippen LogP contribution in [-0.4, -0.2) is 70.7 Å². The van der Waals surface area contributed by atoms with Gasteiger partial charge in [-0.25, -0.2) is 17.9 Å². The van der Waals surface area contributed by atoms with E-state index in [0.717, 1.165) is 11.7 Å². The van der Waals surface area contributed by atoms with Crippen LogP contribution in [0.3, 0.4) is 0 Å². The average Bonchev–Trinajstić information content (AvgIpc) is 2.96. The van der Waals surface area contributed by atoms with E-state index in [0.29, 0.717) is 61.0 Å². The predicted molar refractivity (Wildman–Crippen MR) is 159 cm³/mol. The van der Waals surface area contributed by atoms with Crippen LogP contribution in [0.5, 0.6) is 0 Å². The Bertz CT molecular complexity index is 1300. The number of amides is 3. The van der Waals surface area contributed by atoms with E-state index < -0.39 is 21.7 Å². The van der Waals surface area contributed by atoms with Crippen LogP contribution in [0.1, 0.15) is 75.0 Å². The first kappa shape index (κ1) is 35.7. The van der Waals surface area contributed by atoms with Crippen LogP contribution in [0.4, 0.5) is 4.79 Å². The lowest BCUT2D eigenvalue weighted by molar-refractivity contribution is 0.0527. The van der Waals surface area contributed by atoms with E-state index in [1.54, 1.807) is 69.3 Å². The third-order valence-corrected chi connectivity index (χ3v) is 6.13. The van der Waals surface area contributed by atoms with Crippen molar-refractivity contribution in [2.75, 3.05) is 26.2 Å². The number of alkyl carbamates (subject to hydrolysis) is 1. The fourth-order valence-electron chi connectivity index (χ4n) is 2.99. The molecule has 4 N–H and O–H groups in total. The summed E-state index contributed by atoms with van der Waals surface area (Å²) in [5.41, 5.74) is 1.44. The lowest BCUT2D eigenvalue weighted by Gasteiger charge is -2.19. The van der Waals surface area contributed by atoms with Gasteiger partial charge in [0.25, 0.3) is 11.8 Å². The number of rotatable bonds is 14. The molecule has 0 saturated heterocycles. The summed E-state index contributed by atoms with van der Waals surface area (Å²) in [6.07, 6.45) is 2.02. The number of sulfonamides is 1. The molecule has 0 aliphatic heterocycles. The van der Waals surface area contributed by atoms with Gasteiger partial charge in [-0.1, -0.05) is 30.8 Å². The first-order valence-electron chi connectivity index (χ1n) is 13.1. The van der Waals surface area contributed by atoms with Crippen molar-refractivity contribution in [2.24, 2.45) is 0 Å². The van der Waals surface area contributed by atoms with Gasteiger partial charge in [-0.05, 0) is 57.9 Å². The molecule has 13 heteroatoms. The second-order valence-corrected chi connectivity index (χ2v) is 11.4. The molecule has 0 aliphatic rings. The average molecular weight is 603 g/mol. The molecule has 42 heavy (non-hydrogen) atoms. The van der Waals surface area contributed by atoms with Crippen LogP contribution in [0.25, 0.3) is 0 Å². The first-order chi connectivity index (χ1) is 19.8. The Balaban J connectivity index is 0.000000422. The second-order valence-electron chi connectivity index (χ2n) is 9.73. The van der Waals surface area contributed by atoms with E-state index in [4.69, 9.17) is 4.74 Å². The fourth-order valence-corrected chi connectivity index (χ4v) is 3.54. The molecule has 0 atom stereocenters. The van der Waals surface area contributed by atoms with Crippen LogP contribution in [0, 0.1) is 0 Å². The molecule has 2 aromatic carbocycles. The zero-order valence-electron chi connectivity index (χ0n) is 24.0. The van der Waals surface area contributed by atoms with Crippen molar-refractivity contribution in [3.63, 3.8) is 0 Å². The zero-order valence-corrected chi connectivity index (χ0v) is 24.8. The van der Waals surface area contributed by atoms with Gasteiger partial charge in [0.15, 0.2) is 0 Å². The first-order valence-corrected chi connectivity index (χ1v) is 14.6. The molecule has 228 valence electrons. The molecule has 0 spiro atoms. The summed E-state index contributed by atoms with van der Waals surface area (Å²) in [4.78, 5) is 55.9. The molecule has 0 aromatic heterocycles. The summed E-state index contributed by atoms with van der Waals surface area (Å²) in [6, 6.07) is 12.6. The Labute approximate surface area is 246 Å². The molecule has 0 bridgehead atoms. The largest absolute Gasteiger partial charge is 0.444 e. The summed E-state index contributed by atoms with van der Waals surface area (Å²) in [5.74, 6) is -0.483. The lowest BCUT2D eigenvalue weighted by Crippen LogP contribution is -2.34. The number of carbonyl (C=O) groups is 5. The van der Waals surface area contributed by atoms with E-state index in [9.17, 15) is 32.4 Å². The monoisotopic (exact) mass is 602 g/mol. The van der Waals surface area contributed by atoms with Gasteiger partial charge < -0.3 is 20.7 Å². The summed E-state index contributed by atoms with van der Waals surface area (Å²) in [5, 5.41) is 8.84. The van der Waals surface area contributed by atoms with E-state index in [1.807, 2.05) is 0 Å². The van der Waals surface area contributed by atoms with Crippen molar-refractivity contribution in [3.8, 4) is 0 Å². The van der Waals surface area contributed by atoms with Crippen LogP contribution in [0.2, 0.25) is 0 Å². The SMILES string of the molecule is C=CS(=O)(=O)NCCCNC(=O)c1ccc(C=O)cc1.CC(C)(C)OC(=O)NCCCNC(=O)c1ccc(C=O)cc1. The lowest BCUT2D eigenvalue weighted by atomic mass is 10.1. The highest BCUT2D eigenvalue weighted by atomic mass is 32.2. The number of nitrogens with one attached hydrogen (secondary N) is 4. The summed E-state index contributed by atoms with van der Waals surface area (Å²) in [7, 11) is -3.41. The van der Waals surface area contributed by atoms with Gasteiger partial charge in [-0.3, -0.25) is 19.2 Å². The number of hydrogen-bond acceptors (Lipinski definition) is 8. The molecule has 0 aliphatic carbocycles. The molecule has 12 nitrogen and oxygen atoms in total. The van der Waals surface area contributed by atoms with Crippen molar-refractivity contribution >= 4 is 40.5 Å². The van der Waals surface area contributed by atoms with Gasteiger partial charge in [0.1, 0.15) is 18.2 Å². The highest BCUT2D eigenvalue weighted by Crippen LogP contribution is 2.06. The van der Waals surface area contributed by atoms with Crippen LogP contribution in [0.15, 0.2) is 60.5 Å². The van der Waals surface area contributed by atoms with Crippen molar-refractivity contribution < 1.29 is 37.1 Å². The maximum absolute atomic E-state index is 11.8. The van der Waals surface area contributed by atoms with Crippen molar-refractivity contribution in [2.45, 2.75) is 39.2 Å². The highest BCUT2D eigenvalue weighted by molar-refractivity contribution is 7.92. The van der Waals surface area contributed by atoms with E-state index in [-0.39, 0.29) is 18.4 Å². The minimum absolute atomic E-state index is 0.213. The van der Waals surface area contributed by atoms with Crippen LogP contribution >= 0.6 is 0 Å². The van der Waals surface area contributed by atoms with Crippen LogP contribution in [-0.2, 0) is 14.8 Å². The van der Waals surface area contributed by atoms with Gasteiger partial charge in [0.05, 0.1) is 0 Å². The predicted octanol–water partition coefficient (Wildman–Crippen LogP) is 2.83. The van der Waals surface area contributed by atoms with E-state index in [2.05, 4.69) is 27.3 Å². The smallest absolute Gasteiger partial charge is 0.407 e. The number of benzene rings is 2. The number of carbonyl (C=O) groups excluding carboxylic acids is 5. The van der Waals surface area contributed by atoms with Crippen LogP contribution < -0.4 is 20.7 Å². The number of ether oxygens (including phenoxy) is 1. The molecule has 3 amide bonds. The molecule has 0 heterocycles. The minimum Gasteiger partial charge on any atom is -0.444 e. The Hall–Kier alpha value is -4.36. The normalized spacial score (nSPS) is 10.7. The van der Waals surface area contributed by atoms with Gasteiger partial charge in [-0.2, -0.15) is 0 Å². The van der Waals surface area contributed by atoms with Crippen molar-refractivity contribution in [1.29, 1.82) is 0 Å². The third kappa shape index (κ3) is 15.4. The van der Waals surface area contributed by atoms with Crippen molar-refractivity contribution in [1.82, 2.24) is 20.7 Å². The molecule has 2 aromatic rings. The Morgan fingerprint density at radius 2 is 1.14 bits per heavy atom. The van der Waals surface area contributed by atoms with E-state index in [1.165, 1.54) is 0 Å². The third-order valence-electron chi connectivity index (χ3n) is 5.09. The highest BCUT2D eigenvalue weighted by Gasteiger charge is 2.15. The molecule has 0 fully saturated rings. The molecule has 2 rings (SSSR count). The maximum Gasteiger partial charge on any atom is 0.407 e. The summed E-state index contributed by atoms with van der Waals surface area (Å²) in [6.45, 7) is 9.96. The molecule has 0 radical (unpaired) electrons. The number of hydrogen-bond donors (Lipinski definition) is 4. The molecular formula is C29H38N4O8S. The maximum atomic E-state index is 11.8. The van der Waals surface area contributed by atoms with Gasteiger partial charge in [-0.15, -0.1) is 0 Å². The van der Waals surface area contributed by atoms with Gasteiger partial charge >= 0.3 is 6.09 Å². The molecule has 0 unspecified atom stereocenters. The molecular weight excluding hydrogens is 564 g/mol. The number of aldehydes is 2. The fraction of sp³-hybridized carbons (Fsp3) is 0.345. The molecule has 0 saturated carbocycles. The minimum atomic E-state index is -3.41. The van der Waals surface area contributed by atoms with Crippen molar-refractivity contribution in [3.05, 3.63) is 82.8 Å². The van der Waals surface area contributed by atoms with Gasteiger partial charge in [0, 0.05) is 53.8 Å².